The second kappa shape index (κ2) is 5.91. The second-order valence-corrected chi connectivity index (χ2v) is 5.37. The molecule has 2 heterocycles. The van der Waals surface area contributed by atoms with Gasteiger partial charge in [-0.2, -0.15) is 0 Å². The van der Waals surface area contributed by atoms with Gasteiger partial charge in [0.25, 0.3) is 0 Å². The first-order valence-electron chi connectivity index (χ1n) is 4.84. The van der Waals surface area contributed by atoms with Crippen molar-refractivity contribution in [3.8, 4) is 0 Å². The average Bonchev–Trinajstić information content (AvgIpc) is 2.81. The van der Waals surface area contributed by atoms with Crippen LogP contribution in [0.5, 0.6) is 0 Å². The maximum atomic E-state index is 11.6. The largest absolute Gasteiger partial charge is 0.325 e. The first kappa shape index (κ1) is 11.5. The molecule has 0 atom stereocenters. The van der Waals surface area contributed by atoms with Gasteiger partial charge in [-0.05, 0) is 12.1 Å². The predicted octanol–water partition coefficient (Wildman–Crippen LogP) is 1.86. The summed E-state index contributed by atoms with van der Waals surface area (Å²) in [5, 5.41) is 2.80. The number of nitrogens with one attached hydrogen (secondary N) is 1. The Kier molecular flexibility index (Phi) is 4.24. The Hall–Kier alpha value is -1.01. The second-order valence-electron chi connectivity index (χ2n) is 3.07. The van der Waals surface area contributed by atoms with Crippen LogP contribution in [0.25, 0.3) is 0 Å². The van der Waals surface area contributed by atoms with E-state index in [0.29, 0.717) is 5.75 Å². The molecule has 0 saturated carbocycles. The zero-order valence-electron chi connectivity index (χ0n) is 8.55. The smallest absolute Gasteiger partial charge is 0.234 e. The number of hydrogen-bond donors (Lipinski definition) is 1. The summed E-state index contributed by atoms with van der Waals surface area (Å²) in [5.74, 6) is 1.44. The summed E-state index contributed by atoms with van der Waals surface area (Å²) in [6, 6.07) is 3.54. The molecule has 4 nitrogen and oxygen atoms in total. The van der Waals surface area contributed by atoms with Crippen LogP contribution in [0.1, 0.15) is 0 Å². The molecule has 0 aliphatic carbocycles. The topological polar surface area (TPSA) is 54.4 Å². The van der Waals surface area contributed by atoms with Gasteiger partial charge in [-0.1, -0.05) is 23.5 Å². The third-order valence-corrected chi connectivity index (χ3v) is 4.10. The molecule has 0 spiro atoms. The number of thioether (sulfide) groups is 2. The Morgan fingerprint density at radius 2 is 2.31 bits per heavy atom. The Bertz CT molecular complexity index is 394. The molecule has 0 fully saturated rings. The Morgan fingerprint density at radius 1 is 1.50 bits per heavy atom. The number of carbonyl (C=O) groups excluding carboxylic acids is 1. The molecule has 1 amide bonds. The molecular weight excluding hydrogens is 242 g/mol. The highest BCUT2D eigenvalue weighted by Crippen LogP contribution is 2.21. The Balaban J connectivity index is 1.76. The quantitative estimate of drug-likeness (QED) is 0.893. The lowest BCUT2D eigenvalue weighted by molar-refractivity contribution is -0.113. The van der Waals surface area contributed by atoms with E-state index in [2.05, 4.69) is 15.3 Å². The van der Waals surface area contributed by atoms with E-state index < -0.39 is 0 Å². The predicted molar refractivity (Wildman–Crippen MR) is 70.1 cm³/mol. The third-order valence-electron chi connectivity index (χ3n) is 1.85. The van der Waals surface area contributed by atoms with Crippen molar-refractivity contribution in [1.82, 2.24) is 4.98 Å². The van der Waals surface area contributed by atoms with E-state index in [9.17, 15) is 4.79 Å². The number of nitrogens with zero attached hydrogens (tertiary/aromatic N) is 2. The number of hydrogen-bond acceptors (Lipinski definition) is 5. The number of aromatic nitrogens is 1. The summed E-state index contributed by atoms with van der Waals surface area (Å²) in [7, 11) is 0. The molecular formula is C10H11N3OS2. The molecule has 0 unspecified atom stereocenters. The van der Waals surface area contributed by atoms with Gasteiger partial charge in [-0.3, -0.25) is 14.8 Å². The molecule has 0 bridgehead atoms. The van der Waals surface area contributed by atoms with Crippen molar-refractivity contribution in [1.29, 1.82) is 0 Å². The average molecular weight is 253 g/mol. The van der Waals surface area contributed by atoms with Crippen LogP contribution < -0.4 is 5.32 Å². The summed E-state index contributed by atoms with van der Waals surface area (Å²) in [4.78, 5) is 19.7. The molecule has 1 aromatic heterocycles. The molecule has 2 rings (SSSR count). The van der Waals surface area contributed by atoms with Crippen molar-refractivity contribution in [2.75, 3.05) is 23.4 Å². The molecule has 0 radical (unpaired) electrons. The standard InChI is InChI=1S/C10H11N3OS2/c14-9(7-16-10-12-5-6-15-10)13-8-1-3-11-4-2-8/h1-4H,5-7H2,(H,11,13,14). The fourth-order valence-electron chi connectivity index (χ4n) is 1.16. The van der Waals surface area contributed by atoms with Crippen LogP contribution >= 0.6 is 23.5 Å². The normalized spacial score (nSPS) is 14.6. The van der Waals surface area contributed by atoms with Crippen LogP contribution in [-0.4, -0.2) is 33.3 Å². The highest BCUT2D eigenvalue weighted by molar-refractivity contribution is 8.39. The number of anilines is 1. The van der Waals surface area contributed by atoms with Crippen molar-refractivity contribution < 1.29 is 4.79 Å². The zero-order chi connectivity index (χ0) is 11.2. The monoisotopic (exact) mass is 253 g/mol. The van der Waals surface area contributed by atoms with Crippen LogP contribution in [0, 0.1) is 0 Å². The van der Waals surface area contributed by atoms with E-state index in [1.807, 2.05) is 0 Å². The van der Waals surface area contributed by atoms with Gasteiger partial charge in [0.15, 0.2) is 0 Å². The van der Waals surface area contributed by atoms with Gasteiger partial charge < -0.3 is 5.32 Å². The van der Waals surface area contributed by atoms with Gasteiger partial charge in [0.05, 0.1) is 12.3 Å². The minimum Gasteiger partial charge on any atom is -0.325 e. The Labute approximate surface area is 102 Å². The molecule has 0 aromatic carbocycles. The highest BCUT2D eigenvalue weighted by atomic mass is 32.2. The number of rotatable bonds is 3. The van der Waals surface area contributed by atoms with Gasteiger partial charge >= 0.3 is 0 Å². The lowest BCUT2D eigenvalue weighted by Crippen LogP contribution is -2.14. The summed E-state index contributed by atoms with van der Waals surface area (Å²) >= 11 is 3.21. The Morgan fingerprint density at radius 3 is 3.00 bits per heavy atom. The fraction of sp³-hybridized carbons (Fsp3) is 0.300. The van der Waals surface area contributed by atoms with Gasteiger partial charge in [-0.15, -0.1) is 0 Å². The number of pyridine rings is 1. The van der Waals surface area contributed by atoms with Gasteiger partial charge in [0.2, 0.25) is 5.91 Å². The molecule has 1 aliphatic heterocycles. The summed E-state index contributed by atoms with van der Waals surface area (Å²) in [5.41, 5.74) is 0.779. The molecule has 0 saturated heterocycles. The fourth-order valence-corrected chi connectivity index (χ4v) is 2.97. The van der Waals surface area contributed by atoms with E-state index in [1.165, 1.54) is 11.8 Å². The molecule has 1 N–H and O–H groups in total. The first-order valence-corrected chi connectivity index (χ1v) is 6.81. The van der Waals surface area contributed by atoms with Crippen LogP contribution in [0.4, 0.5) is 5.69 Å². The maximum absolute atomic E-state index is 11.6. The highest BCUT2D eigenvalue weighted by Gasteiger charge is 2.10. The van der Waals surface area contributed by atoms with Crippen LogP contribution in [0.3, 0.4) is 0 Å². The third kappa shape index (κ3) is 3.53. The van der Waals surface area contributed by atoms with Crippen LogP contribution in [0.2, 0.25) is 0 Å². The van der Waals surface area contributed by atoms with E-state index in [4.69, 9.17) is 0 Å². The van der Waals surface area contributed by atoms with Gasteiger partial charge in [0.1, 0.15) is 4.38 Å². The number of carbonyl (C=O) groups is 1. The minimum atomic E-state index is -0.00796. The van der Waals surface area contributed by atoms with Crippen molar-refractivity contribution in [2.24, 2.45) is 4.99 Å². The van der Waals surface area contributed by atoms with Crippen LogP contribution in [0.15, 0.2) is 29.5 Å². The van der Waals surface area contributed by atoms with Crippen molar-refractivity contribution in [3.05, 3.63) is 24.5 Å². The van der Waals surface area contributed by atoms with E-state index >= 15 is 0 Å². The van der Waals surface area contributed by atoms with Crippen molar-refractivity contribution in [2.45, 2.75) is 0 Å². The SMILES string of the molecule is O=C(CSC1=NCCS1)Nc1ccncc1. The van der Waals surface area contributed by atoms with Gasteiger partial charge in [0, 0.05) is 23.8 Å². The summed E-state index contributed by atoms with van der Waals surface area (Å²) < 4.78 is 1.02. The number of aliphatic imine (C=N–C) groups is 1. The lowest BCUT2D eigenvalue weighted by Gasteiger charge is -2.03. The first-order chi connectivity index (χ1) is 7.84. The van der Waals surface area contributed by atoms with Gasteiger partial charge in [-0.25, -0.2) is 0 Å². The molecule has 1 aromatic rings. The minimum absolute atomic E-state index is 0.00796. The molecule has 84 valence electrons. The van der Waals surface area contributed by atoms with E-state index in [0.717, 1.165) is 22.4 Å². The van der Waals surface area contributed by atoms with E-state index in [-0.39, 0.29) is 5.91 Å². The van der Waals surface area contributed by atoms with Crippen molar-refractivity contribution in [3.63, 3.8) is 0 Å². The van der Waals surface area contributed by atoms with Crippen molar-refractivity contribution >= 4 is 39.5 Å². The summed E-state index contributed by atoms with van der Waals surface area (Å²) in [6.07, 6.45) is 3.30. The maximum Gasteiger partial charge on any atom is 0.234 e. The molecule has 1 aliphatic rings. The summed E-state index contributed by atoms with van der Waals surface area (Å²) in [6.45, 7) is 0.874. The zero-order valence-corrected chi connectivity index (χ0v) is 10.2. The molecule has 16 heavy (non-hydrogen) atoms. The number of amides is 1. The van der Waals surface area contributed by atoms with Crippen LogP contribution in [-0.2, 0) is 4.79 Å². The molecule has 6 heteroatoms. The van der Waals surface area contributed by atoms with E-state index in [1.54, 1.807) is 36.3 Å². The lowest BCUT2D eigenvalue weighted by atomic mass is 10.4.